The van der Waals surface area contributed by atoms with Gasteiger partial charge in [-0.2, -0.15) is 0 Å². The summed E-state index contributed by atoms with van der Waals surface area (Å²) in [6, 6.07) is 5.09. The molecular weight excluding hydrogens is 240 g/mol. The van der Waals surface area contributed by atoms with Gasteiger partial charge >= 0.3 is 0 Å². The second kappa shape index (κ2) is 4.37. The number of carbonyl (C=O) groups is 2. The molecule has 1 heterocycles. The number of nitrogens with two attached hydrogens (primary N) is 1. The van der Waals surface area contributed by atoms with Crippen molar-refractivity contribution >= 4 is 17.5 Å². The molecule has 1 unspecified atom stereocenters. The van der Waals surface area contributed by atoms with E-state index in [2.05, 4.69) is 0 Å². The molecule has 2 rings (SSSR count). The maximum absolute atomic E-state index is 12.6. The molecule has 0 bridgehead atoms. The van der Waals surface area contributed by atoms with Gasteiger partial charge in [0.15, 0.2) is 0 Å². The molecule has 4 nitrogen and oxygen atoms in total. The van der Waals surface area contributed by atoms with Crippen LogP contribution in [0.1, 0.15) is 50.0 Å². The largest absolute Gasteiger partial charge is 0.399 e. The van der Waals surface area contributed by atoms with Crippen molar-refractivity contribution < 1.29 is 9.59 Å². The number of hydrogen-bond donors (Lipinski definition) is 1. The molecule has 0 aromatic heterocycles. The van der Waals surface area contributed by atoms with E-state index in [0.29, 0.717) is 11.3 Å². The smallest absolute Gasteiger partial charge is 0.261 e. The monoisotopic (exact) mass is 260 g/mol. The fourth-order valence-electron chi connectivity index (χ4n) is 2.51. The van der Waals surface area contributed by atoms with Crippen LogP contribution in [0.5, 0.6) is 0 Å². The van der Waals surface area contributed by atoms with Crippen molar-refractivity contribution in [1.29, 1.82) is 0 Å². The number of fused-ring (bicyclic) bond motifs is 1. The van der Waals surface area contributed by atoms with Gasteiger partial charge in [0.1, 0.15) is 0 Å². The zero-order chi connectivity index (χ0) is 14.4. The van der Waals surface area contributed by atoms with Gasteiger partial charge in [-0.1, -0.05) is 13.0 Å². The van der Waals surface area contributed by atoms with Crippen molar-refractivity contribution in [3.8, 4) is 0 Å². The van der Waals surface area contributed by atoms with Crippen LogP contribution in [0.3, 0.4) is 0 Å². The molecule has 19 heavy (non-hydrogen) atoms. The number of rotatable bonds is 2. The van der Waals surface area contributed by atoms with E-state index in [0.717, 1.165) is 12.0 Å². The van der Waals surface area contributed by atoms with Crippen molar-refractivity contribution in [3.05, 3.63) is 29.3 Å². The molecule has 4 heteroatoms. The Hall–Kier alpha value is -1.84. The minimum Gasteiger partial charge on any atom is -0.399 e. The molecule has 1 atom stereocenters. The summed E-state index contributed by atoms with van der Waals surface area (Å²) in [5.41, 5.74) is 6.92. The number of benzene rings is 1. The number of nitrogens with zero attached hydrogens (tertiary/aromatic N) is 1. The van der Waals surface area contributed by atoms with Gasteiger partial charge in [-0.05, 0) is 44.9 Å². The highest BCUT2D eigenvalue weighted by molar-refractivity contribution is 6.13. The number of nitrogen functional groups attached to an aromatic ring is 1. The summed E-state index contributed by atoms with van der Waals surface area (Å²) in [7, 11) is 0. The van der Waals surface area contributed by atoms with Gasteiger partial charge in [0.05, 0.1) is 5.41 Å². The summed E-state index contributed by atoms with van der Waals surface area (Å²) >= 11 is 0. The number of hydrogen-bond acceptors (Lipinski definition) is 3. The molecule has 0 fully saturated rings. The lowest BCUT2D eigenvalue weighted by Crippen LogP contribution is -2.54. The molecule has 0 spiro atoms. The van der Waals surface area contributed by atoms with Gasteiger partial charge < -0.3 is 5.73 Å². The highest BCUT2D eigenvalue weighted by Crippen LogP contribution is 2.36. The Morgan fingerprint density at radius 1 is 1.32 bits per heavy atom. The van der Waals surface area contributed by atoms with Crippen molar-refractivity contribution in [3.63, 3.8) is 0 Å². The summed E-state index contributed by atoms with van der Waals surface area (Å²) in [4.78, 5) is 26.5. The van der Waals surface area contributed by atoms with Gasteiger partial charge in [-0.15, -0.1) is 0 Å². The van der Waals surface area contributed by atoms with Gasteiger partial charge in [-0.3, -0.25) is 14.5 Å². The first-order valence-electron chi connectivity index (χ1n) is 6.58. The lowest BCUT2D eigenvalue weighted by molar-refractivity contribution is -0.136. The van der Waals surface area contributed by atoms with Gasteiger partial charge in [0, 0.05) is 17.3 Å². The van der Waals surface area contributed by atoms with Crippen LogP contribution in [0.4, 0.5) is 5.69 Å². The van der Waals surface area contributed by atoms with Crippen LogP contribution in [0.15, 0.2) is 18.2 Å². The van der Waals surface area contributed by atoms with Crippen molar-refractivity contribution in [1.82, 2.24) is 4.90 Å². The number of amides is 2. The molecule has 0 aliphatic carbocycles. The fourth-order valence-corrected chi connectivity index (χ4v) is 2.51. The predicted octanol–water partition coefficient (Wildman–Crippen LogP) is 2.33. The Bertz CT molecular complexity index is 549. The van der Waals surface area contributed by atoms with Gasteiger partial charge in [0.25, 0.3) is 5.91 Å². The van der Waals surface area contributed by atoms with E-state index in [1.54, 1.807) is 18.2 Å². The molecule has 102 valence electrons. The molecule has 0 saturated carbocycles. The minimum atomic E-state index is -0.694. The van der Waals surface area contributed by atoms with Crippen molar-refractivity contribution in [2.45, 2.75) is 45.6 Å². The van der Waals surface area contributed by atoms with E-state index in [9.17, 15) is 9.59 Å². The summed E-state index contributed by atoms with van der Waals surface area (Å²) < 4.78 is 0. The molecule has 1 aromatic rings. The maximum atomic E-state index is 12.6. The Morgan fingerprint density at radius 2 is 1.95 bits per heavy atom. The first-order chi connectivity index (χ1) is 8.80. The normalized spacial score (nSPS) is 19.3. The lowest BCUT2D eigenvalue weighted by Gasteiger charge is -2.40. The van der Waals surface area contributed by atoms with Crippen LogP contribution in [-0.2, 0) is 10.2 Å². The highest BCUT2D eigenvalue weighted by atomic mass is 16.2. The molecule has 1 aliphatic rings. The molecule has 0 saturated heterocycles. The third-order valence-electron chi connectivity index (χ3n) is 3.95. The average molecular weight is 260 g/mol. The van der Waals surface area contributed by atoms with Crippen LogP contribution in [0, 0.1) is 0 Å². The lowest BCUT2D eigenvalue weighted by atomic mass is 9.76. The minimum absolute atomic E-state index is 0.103. The van der Waals surface area contributed by atoms with Gasteiger partial charge in [-0.25, -0.2) is 0 Å². The Labute approximate surface area is 113 Å². The van der Waals surface area contributed by atoms with E-state index in [4.69, 9.17) is 5.73 Å². The standard InChI is InChI=1S/C15H20N2O2/c1-5-9(2)17-13(18)11-8-10(16)6-7-12(11)15(3,4)14(17)19/h6-9H,5,16H2,1-4H3. The van der Waals surface area contributed by atoms with Crippen molar-refractivity contribution in [2.75, 3.05) is 5.73 Å². The first-order valence-corrected chi connectivity index (χ1v) is 6.58. The number of imide groups is 1. The summed E-state index contributed by atoms with van der Waals surface area (Å²) in [6.45, 7) is 7.56. The maximum Gasteiger partial charge on any atom is 0.261 e. The number of anilines is 1. The molecule has 2 N–H and O–H groups in total. The van der Waals surface area contributed by atoms with Crippen LogP contribution < -0.4 is 5.73 Å². The van der Waals surface area contributed by atoms with E-state index < -0.39 is 5.41 Å². The average Bonchev–Trinajstić information content (AvgIpc) is 2.36. The van der Waals surface area contributed by atoms with E-state index >= 15 is 0 Å². The fraction of sp³-hybridized carbons (Fsp3) is 0.467. The third kappa shape index (κ3) is 1.91. The van der Waals surface area contributed by atoms with E-state index in [1.165, 1.54) is 4.90 Å². The summed E-state index contributed by atoms with van der Waals surface area (Å²) in [6.07, 6.45) is 0.741. The topological polar surface area (TPSA) is 63.4 Å². The second-order valence-corrected chi connectivity index (χ2v) is 5.67. The zero-order valence-electron chi connectivity index (χ0n) is 11.9. The number of carbonyl (C=O) groups excluding carboxylic acids is 2. The van der Waals surface area contributed by atoms with Gasteiger partial charge in [0.2, 0.25) is 5.91 Å². The Morgan fingerprint density at radius 3 is 2.53 bits per heavy atom. The summed E-state index contributed by atoms with van der Waals surface area (Å²) in [5.74, 6) is -0.370. The SMILES string of the molecule is CCC(C)N1C(=O)c2cc(N)ccc2C(C)(C)C1=O. The Balaban J connectivity index is 2.64. The first kappa shape index (κ1) is 13.6. The van der Waals surface area contributed by atoms with Crippen LogP contribution in [0.25, 0.3) is 0 Å². The quantitative estimate of drug-likeness (QED) is 0.655. The molecule has 1 aliphatic heterocycles. The molecule has 0 radical (unpaired) electrons. The molecule has 1 aromatic carbocycles. The highest BCUT2D eigenvalue weighted by Gasteiger charge is 2.45. The molecule has 2 amide bonds. The van der Waals surface area contributed by atoms with Crippen molar-refractivity contribution in [2.24, 2.45) is 0 Å². The van der Waals surface area contributed by atoms with Crippen LogP contribution in [0.2, 0.25) is 0 Å². The van der Waals surface area contributed by atoms with Crippen LogP contribution in [-0.4, -0.2) is 22.8 Å². The zero-order valence-corrected chi connectivity index (χ0v) is 11.9. The van der Waals surface area contributed by atoms with E-state index in [-0.39, 0.29) is 17.9 Å². The summed E-state index contributed by atoms with van der Waals surface area (Å²) in [5, 5.41) is 0. The predicted molar refractivity (Wildman–Crippen MR) is 74.8 cm³/mol. The van der Waals surface area contributed by atoms with Crippen LogP contribution >= 0.6 is 0 Å². The molecular formula is C15H20N2O2. The second-order valence-electron chi connectivity index (χ2n) is 5.67. The van der Waals surface area contributed by atoms with E-state index in [1.807, 2.05) is 27.7 Å². The Kier molecular flexibility index (Phi) is 3.12. The third-order valence-corrected chi connectivity index (χ3v) is 3.95.